The SMILES string of the molecule is COc1ccc2c(=O)n(CCc3ccc(OC)c(OC)c3)c(CCN3C(=O)c4ccccc4C3=O)nc2n1. The standard InChI is InChI=1S/C28H26N4O6/c1-36-21-10-8-17(16-22(21)37-2)12-14-31-23(29-25-20(28(31)35)9-11-24(30-25)38-3)13-15-32-26(33)18-6-4-5-7-19(18)27(32)34/h4-11,16H,12-15H2,1-3H3. The largest absolute Gasteiger partial charge is 0.493 e. The van der Waals surface area contributed by atoms with E-state index < -0.39 is 0 Å². The molecule has 1 aliphatic heterocycles. The van der Waals surface area contributed by atoms with Crippen LogP contribution >= 0.6 is 0 Å². The van der Waals surface area contributed by atoms with E-state index in [1.807, 2.05) is 18.2 Å². The molecule has 0 bridgehead atoms. The van der Waals surface area contributed by atoms with Gasteiger partial charge in [-0.15, -0.1) is 0 Å². The predicted octanol–water partition coefficient (Wildman–Crippen LogP) is 2.90. The molecule has 0 radical (unpaired) electrons. The number of carbonyl (C=O) groups excluding carboxylic acids is 2. The molecule has 10 nitrogen and oxygen atoms in total. The summed E-state index contributed by atoms with van der Waals surface area (Å²) >= 11 is 0. The molecule has 3 heterocycles. The number of nitrogens with zero attached hydrogens (tertiary/aromatic N) is 4. The summed E-state index contributed by atoms with van der Waals surface area (Å²) in [6, 6.07) is 15.6. The molecule has 0 saturated carbocycles. The summed E-state index contributed by atoms with van der Waals surface area (Å²) in [5.74, 6) is 1.24. The Hall–Kier alpha value is -4.73. The summed E-state index contributed by atoms with van der Waals surface area (Å²) in [7, 11) is 4.63. The minimum Gasteiger partial charge on any atom is -0.493 e. The van der Waals surface area contributed by atoms with Crippen LogP contribution in [0.25, 0.3) is 11.0 Å². The van der Waals surface area contributed by atoms with Crippen molar-refractivity contribution < 1.29 is 23.8 Å². The number of benzene rings is 2. The molecule has 5 rings (SSSR count). The Balaban J connectivity index is 1.47. The zero-order chi connectivity index (χ0) is 26.8. The van der Waals surface area contributed by atoms with Gasteiger partial charge in [0.15, 0.2) is 17.1 Å². The third-order valence-corrected chi connectivity index (χ3v) is 6.59. The van der Waals surface area contributed by atoms with Crippen molar-refractivity contribution in [2.45, 2.75) is 19.4 Å². The van der Waals surface area contributed by atoms with E-state index in [0.29, 0.717) is 52.7 Å². The van der Waals surface area contributed by atoms with E-state index in [4.69, 9.17) is 14.2 Å². The first-order chi connectivity index (χ1) is 18.4. The topological polar surface area (TPSA) is 113 Å². The Morgan fingerprint density at radius 3 is 2.11 bits per heavy atom. The predicted molar refractivity (Wildman–Crippen MR) is 139 cm³/mol. The number of carbonyl (C=O) groups is 2. The van der Waals surface area contributed by atoms with Crippen LogP contribution in [0.1, 0.15) is 32.1 Å². The lowest BCUT2D eigenvalue weighted by atomic mass is 10.1. The van der Waals surface area contributed by atoms with E-state index in [0.717, 1.165) is 5.56 Å². The van der Waals surface area contributed by atoms with E-state index in [1.165, 1.54) is 12.0 Å². The fourth-order valence-electron chi connectivity index (χ4n) is 4.59. The van der Waals surface area contributed by atoms with Crippen molar-refractivity contribution >= 4 is 22.8 Å². The zero-order valence-corrected chi connectivity index (χ0v) is 21.3. The van der Waals surface area contributed by atoms with E-state index >= 15 is 0 Å². The number of fused-ring (bicyclic) bond motifs is 2. The van der Waals surface area contributed by atoms with Crippen molar-refractivity contribution in [3.63, 3.8) is 0 Å². The molecule has 38 heavy (non-hydrogen) atoms. The van der Waals surface area contributed by atoms with Crippen LogP contribution in [0, 0.1) is 0 Å². The van der Waals surface area contributed by atoms with Crippen molar-refractivity contribution in [2.75, 3.05) is 27.9 Å². The average Bonchev–Trinajstić information content (AvgIpc) is 3.19. The lowest BCUT2D eigenvalue weighted by molar-refractivity contribution is 0.0655. The highest BCUT2D eigenvalue weighted by Gasteiger charge is 2.35. The van der Waals surface area contributed by atoms with Gasteiger partial charge in [0.05, 0.1) is 37.8 Å². The van der Waals surface area contributed by atoms with E-state index in [1.54, 1.807) is 55.2 Å². The molecule has 194 valence electrons. The summed E-state index contributed by atoms with van der Waals surface area (Å²) in [5.41, 5.74) is 1.67. The number of pyridine rings is 1. The molecule has 1 aliphatic rings. The molecule has 0 spiro atoms. The van der Waals surface area contributed by atoms with Gasteiger partial charge in [-0.25, -0.2) is 4.98 Å². The van der Waals surface area contributed by atoms with Crippen LogP contribution in [0.5, 0.6) is 17.4 Å². The molecule has 0 aliphatic carbocycles. The van der Waals surface area contributed by atoms with E-state index in [-0.39, 0.29) is 36.0 Å². The van der Waals surface area contributed by atoms with Crippen molar-refractivity contribution in [1.82, 2.24) is 19.4 Å². The third kappa shape index (κ3) is 4.45. The number of hydrogen-bond donors (Lipinski definition) is 0. The zero-order valence-electron chi connectivity index (χ0n) is 21.3. The molecule has 0 saturated heterocycles. The Morgan fingerprint density at radius 1 is 0.737 bits per heavy atom. The van der Waals surface area contributed by atoms with Gasteiger partial charge in [-0.3, -0.25) is 23.9 Å². The fourth-order valence-corrected chi connectivity index (χ4v) is 4.59. The fraction of sp³-hybridized carbons (Fsp3) is 0.250. The molecule has 2 amide bonds. The van der Waals surface area contributed by atoms with Gasteiger partial charge in [0.1, 0.15) is 5.82 Å². The first-order valence-electron chi connectivity index (χ1n) is 12.1. The first-order valence-corrected chi connectivity index (χ1v) is 12.1. The third-order valence-electron chi connectivity index (χ3n) is 6.59. The first kappa shape index (κ1) is 24.9. The normalized spacial score (nSPS) is 12.7. The molecular formula is C28H26N4O6. The number of amides is 2. The maximum atomic E-state index is 13.5. The lowest BCUT2D eigenvalue weighted by Gasteiger charge is -2.17. The quantitative estimate of drug-likeness (QED) is 0.314. The summed E-state index contributed by atoms with van der Waals surface area (Å²) in [5, 5.41) is 0.350. The Bertz CT molecular complexity index is 1580. The van der Waals surface area contributed by atoms with Crippen molar-refractivity contribution in [3.8, 4) is 17.4 Å². The minimum absolute atomic E-state index is 0.0740. The second-order valence-corrected chi connectivity index (χ2v) is 8.71. The van der Waals surface area contributed by atoms with Gasteiger partial charge in [-0.2, -0.15) is 4.98 Å². The molecule has 2 aromatic heterocycles. The maximum Gasteiger partial charge on any atom is 0.263 e. The van der Waals surface area contributed by atoms with E-state index in [2.05, 4.69) is 9.97 Å². The smallest absolute Gasteiger partial charge is 0.263 e. The van der Waals surface area contributed by atoms with Crippen LogP contribution in [0.2, 0.25) is 0 Å². The molecule has 4 aromatic rings. The van der Waals surface area contributed by atoms with Gasteiger partial charge in [0, 0.05) is 25.6 Å². The molecule has 10 heteroatoms. The second kappa shape index (κ2) is 10.3. The Morgan fingerprint density at radius 2 is 1.45 bits per heavy atom. The number of rotatable bonds is 9. The average molecular weight is 515 g/mol. The van der Waals surface area contributed by atoms with Crippen LogP contribution in [-0.2, 0) is 19.4 Å². The minimum atomic E-state index is -0.356. The molecule has 0 fully saturated rings. The molecular weight excluding hydrogens is 488 g/mol. The Labute approximate surface area is 218 Å². The van der Waals surface area contributed by atoms with Crippen LogP contribution in [0.4, 0.5) is 0 Å². The van der Waals surface area contributed by atoms with Crippen molar-refractivity contribution in [3.05, 3.63) is 87.5 Å². The van der Waals surface area contributed by atoms with Crippen molar-refractivity contribution in [1.29, 1.82) is 0 Å². The monoisotopic (exact) mass is 514 g/mol. The number of aromatic nitrogens is 3. The number of methoxy groups -OCH3 is 3. The number of hydrogen-bond acceptors (Lipinski definition) is 8. The van der Waals surface area contributed by atoms with Crippen molar-refractivity contribution in [2.24, 2.45) is 0 Å². The van der Waals surface area contributed by atoms with Crippen LogP contribution < -0.4 is 19.8 Å². The number of imide groups is 1. The van der Waals surface area contributed by atoms with Crippen LogP contribution in [0.15, 0.2) is 59.4 Å². The summed E-state index contributed by atoms with van der Waals surface area (Å²) in [6.07, 6.45) is 0.693. The van der Waals surface area contributed by atoms with Gasteiger partial charge in [0.25, 0.3) is 17.4 Å². The van der Waals surface area contributed by atoms with Gasteiger partial charge in [-0.1, -0.05) is 18.2 Å². The summed E-state index contributed by atoms with van der Waals surface area (Å²) in [4.78, 5) is 49.5. The summed E-state index contributed by atoms with van der Waals surface area (Å²) in [6.45, 7) is 0.394. The Kier molecular flexibility index (Phi) is 6.78. The maximum absolute atomic E-state index is 13.5. The van der Waals surface area contributed by atoms with Gasteiger partial charge in [0.2, 0.25) is 5.88 Å². The number of ether oxygens (including phenoxy) is 3. The van der Waals surface area contributed by atoms with Gasteiger partial charge in [-0.05, 0) is 42.3 Å². The van der Waals surface area contributed by atoms with Crippen LogP contribution in [0.3, 0.4) is 0 Å². The van der Waals surface area contributed by atoms with Gasteiger partial charge >= 0.3 is 0 Å². The van der Waals surface area contributed by atoms with Gasteiger partial charge < -0.3 is 14.2 Å². The second-order valence-electron chi connectivity index (χ2n) is 8.71. The molecule has 0 N–H and O–H groups in total. The highest BCUT2D eigenvalue weighted by atomic mass is 16.5. The molecule has 0 atom stereocenters. The lowest BCUT2D eigenvalue weighted by Crippen LogP contribution is -2.34. The summed E-state index contributed by atoms with van der Waals surface area (Å²) < 4.78 is 17.5. The highest BCUT2D eigenvalue weighted by Crippen LogP contribution is 2.28. The van der Waals surface area contributed by atoms with Crippen LogP contribution in [-0.4, -0.2) is 59.1 Å². The highest BCUT2D eigenvalue weighted by molar-refractivity contribution is 6.21. The van der Waals surface area contributed by atoms with E-state index in [9.17, 15) is 14.4 Å². The molecule has 2 aromatic carbocycles. The molecule has 0 unspecified atom stereocenters. The number of aryl methyl sites for hydroxylation is 1.